The fraction of sp³-hybridized carbons (Fsp3) is 0.185. The summed E-state index contributed by atoms with van der Waals surface area (Å²) >= 11 is 1.50. The molecule has 19 nitrogen and oxygen atoms in total. The lowest BCUT2D eigenvalue weighted by Crippen LogP contribution is -2.31. The molecule has 2 aromatic heterocycles. The van der Waals surface area contributed by atoms with Gasteiger partial charge in [-0.2, -0.15) is 15.6 Å². The van der Waals surface area contributed by atoms with E-state index in [-0.39, 0.29) is 43.5 Å². The highest BCUT2D eigenvalue weighted by molar-refractivity contribution is 8.07. The van der Waals surface area contributed by atoms with Crippen molar-refractivity contribution in [3.05, 3.63) is 216 Å². The normalized spacial score (nSPS) is 12.1. The number of allylic oxidation sites excluding steroid dienone is 1. The summed E-state index contributed by atoms with van der Waals surface area (Å²) in [5.74, 6) is 3.89. The van der Waals surface area contributed by atoms with Crippen LogP contribution >= 0.6 is 11.8 Å². The number of nitrogens with zero attached hydrogens (tertiary/aromatic N) is 8. The molecule has 0 atom stereocenters. The maximum Gasteiger partial charge on any atom is 0.378 e. The molecule has 4 heterocycles. The van der Waals surface area contributed by atoms with E-state index in [0.717, 1.165) is 77.9 Å². The van der Waals surface area contributed by atoms with Crippen LogP contribution in [0.2, 0.25) is 0 Å². The Morgan fingerprint density at radius 2 is 1.24 bits per heavy atom. The molecule has 6 aromatic carbocycles. The molecule has 0 fully saturated rings. The first-order valence-electron chi connectivity index (χ1n) is 27.7. The highest BCUT2D eigenvalue weighted by Crippen LogP contribution is 2.42. The molecule has 0 unspecified atom stereocenters. The molecular formula is C65H58BN9O10S. The van der Waals surface area contributed by atoms with Gasteiger partial charge in [-0.05, 0) is 116 Å². The highest BCUT2D eigenvalue weighted by atomic mass is 32.2. The number of nitrogens with one attached hydrogen (secondary N) is 1. The first kappa shape index (κ1) is 60.1. The molecule has 2 aliphatic heterocycles. The lowest BCUT2D eigenvalue weighted by Gasteiger charge is -2.28. The first-order valence-corrected chi connectivity index (χ1v) is 28.4. The fourth-order valence-electron chi connectivity index (χ4n) is 9.45. The Kier molecular flexibility index (Phi) is 21.1. The van der Waals surface area contributed by atoms with Gasteiger partial charge in [0.1, 0.15) is 11.4 Å². The minimum absolute atomic E-state index is 0.00339. The van der Waals surface area contributed by atoms with Crippen molar-refractivity contribution in [1.29, 1.82) is 5.26 Å². The van der Waals surface area contributed by atoms with Gasteiger partial charge in [0, 0.05) is 76.2 Å². The van der Waals surface area contributed by atoms with Gasteiger partial charge in [0.2, 0.25) is 11.8 Å². The van der Waals surface area contributed by atoms with Crippen LogP contribution in [0.4, 0.5) is 11.4 Å². The van der Waals surface area contributed by atoms with E-state index in [0.29, 0.717) is 63.0 Å². The third-order valence-electron chi connectivity index (χ3n) is 13.7. The topological polar surface area (TPSA) is 255 Å². The van der Waals surface area contributed by atoms with E-state index < -0.39 is 17.9 Å². The molecule has 0 aliphatic carbocycles. The Balaban J connectivity index is 0.000000252. The van der Waals surface area contributed by atoms with Crippen LogP contribution in [0.25, 0.3) is 38.7 Å². The zero-order valence-electron chi connectivity index (χ0n) is 47.7. The number of carbonyl (C=O) groups is 5. The zero-order valence-corrected chi connectivity index (χ0v) is 47.5. The van der Waals surface area contributed by atoms with E-state index in [1.54, 1.807) is 37.5 Å². The average Bonchev–Trinajstić information content (AvgIpc) is 1.95. The van der Waals surface area contributed by atoms with Crippen LogP contribution in [-0.2, 0) is 48.4 Å². The van der Waals surface area contributed by atoms with Gasteiger partial charge in [-0.15, -0.1) is 16.9 Å². The predicted molar refractivity (Wildman–Crippen MR) is 327 cm³/mol. The van der Waals surface area contributed by atoms with Crippen molar-refractivity contribution in [3.8, 4) is 51.7 Å². The number of para-hydroxylation sites is 2. The number of carboxylic acids is 2. The van der Waals surface area contributed by atoms with Crippen LogP contribution in [0.15, 0.2) is 177 Å². The van der Waals surface area contributed by atoms with E-state index in [1.807, 2.05) is 146 Å². The number of carbonyl (C=O) groups excluding carboxylic acids is 3. The number of benzene rings is 6. The third kappa shape index (κ3) is 16.0. The Bertz CT molecular complexity index is 3940. The van der Waals surface area contributed by atoms with E-state index in [4.69, 9.17) is 27.2 Å². The number of thioether (sulfide) groups is 1. The summed E-state index contributed by atoms with van der Waals surface area (Å²) in [6.07, 6.45) is 9.86. The molecule has 21 heteroatoms. The van der Waals surface area contributed by atoms with E-state index in [1.165, 1.54) is 17.8 Å². The first-order chi connectivity index (χ1) is 42.3. The molecule has 2 radical (unpaired) electrons. The second-order valence-electron chi connectivity index (χ2n) is 19.4. The van der Waals surface area contributed by atoms with Crippen molar-refractivity contribution in [2.24, 2.45) is 0 Å². The van der Waals surface area contributed by atoms with Crippen LogP contribution < -0.4 is 15.1 Å². The van der Waals surface area contributed by atoms with Crippen molar-refractivity contribution in [1.82, 2.24) is 30.1 Å². The van der Waals surface area contributed by atoms with Crippen LogP contribution in [0.3, 0.4) is 0 Å². The molecule has 0 saturated carbocycles. The zero-order chi connectivity index (χ0) is 61.7. The Morgan fingerprint density at radius 1 is 0.698 bits per heavy atom. The smallest absolute Gasteiger partial charge is 0.378 e. The second-order valence-corrected chi connectivity index (χ2v) is 20.2. The molecule has 3 amide bonds. The summed E-state index contributed by atoms with van der Waals surface area (Å²) in [5.41, 5.74) is 12.3. The average molecular weight is 1170 g/mol. The second kappa shape index (κ2) is 30.2. The maximum atomic E-state index is 13.7. The summed E-state index contributed by atoms with van der Waals surface area (Å²) in [6, 6.07) is 48.1. The summed E-state index contributed by atoms with van der Waals surface area (Å²) in [4.78, 5) is 69.1. The standard InChI is InChI=1S/C42H36N8O4S.C21H19NO3.C2H3BO3/c1-55-38(22-23-43)28-14-18-33(19-15-28)50-26-31(45-47-50)24-44-42(54)29-16-20-32(21-17-29)49-27-36-35-10-4-5-11-37(35)48(39(51)12-6-7-13-40(52)53)25-30-8-2-3-9-34(30)41(36)46-49;23-20(11-5-6-12-21(24)25)22-15-18-9-2-1-7-16(18)13-14-17-8-3-4-10-19(17)22;1-2(5-3)6-4/h2-5,8-11,14-22,26-27H,6-7,12-13,24-25H2,1H3,(H,44,54)(H,52,53);1-4,7-10H,5-6,11-12,15H2,(H,24,25);4H,1H2/i;;1D. The van der Waals surface area contributed by atoms with Gasteiger partial charge in [0.15, 0.2) is 0 Å². The van der Waals surface area contributed by atoms with E-state index in [9.17, 15) is 24.0 Å². The van der Waals surface area contributed by atoms with Crippen molar-refractivity contribution < 1.29 is 50.4 Å². The molecule has 8 aromatic rings. The number of amides is 3. The van der Waals surface area contributed by atoms with Gasteiger partial charge in [0.05, 0.1) is 56.0 Å². The molecule has 0 saturated heterocycles. The van der Waals surface area contributed by atoms with E-state index >= 15 is 0 Å². The predicted octanol–water partition coefficient (Wildman–Crippen LogP) is 11.1. The Hall–Kier alpha value is -10.5. The quantitative estimate of drug-likeness (QED) is 0.0112. The number of aromatic nitrogens is 5. The molecule has 10 rings (SSSR count). The largest absolute Gasteiger partial charge is 0.542 e. The van der Waals surface area contributed by atoms with Crippen LogP contribution in [-0.4, -0.2) is 84.2 Å². The van der Waals surface area contributed by atoms with E-state index in [2.05, 4.69) is 51.1 Å². The lowest BCUT2D eigenvalue weighted by atomic mass is 9.93. The minimum atomic E-state index is -0.866. The van der Waals surface area contributed by atoms with Crippen LogP contribution in [0.1, 0.15) is 96.6 Å². The number of unbranched alkanes of at least 4 members (excludes halogenated alkanes) is 2. The Morgan fingerprint density at radius 3 is 1.86 bits per heavy atom. The van der Waals surface area contributed by atoms with Crippen LogP contribution in [0, 0.1) is 23.2 Å². The highest BCUT2D eigenvalue weighted by Gasteiger charge is 2.28. The number of fused-ring (bicyclic) bond motifs is 7. The Labute approximate surface area is 503 Å². The number of nitriles is 1. The molecule has 4 N–H and O–H groups in total. The number of hydrogen-bond acceptors (Lipinski definition) is 13. The third-order valence-corrected chi connectivity index (χ3v) is 14.5. The van der Waals surface area contributed by atoms with Crippen molar-refractivity contribution in [2.45, 2.75) is 71.0 Å². The van der Waals surface area contributed by atoms with Crippen LogP contribution in [0.5, 0.6) is 0 Å². The van der Waals surface area contributed by atoms with Gasteiger partial charge in [-0.3, -0.25) is 24.0 Å². The number of carboxylic acid groups (broad SMARTS) is 2. The number of hydrogen-bond donors (Lipinski definition) is 4. The van der Waals surface area contributed by atoms with Crippen molar-refractivity contribution in [3.63, 3.8) is 0 Å². The molecule has 86 heavy (non-hydrogen) atoms. The van der Waals surface area contributed by atoms with Crippen molar-refractivity contribution >= 4 is 65.8 Å². The molecule has 0 spiro atoms. The summed E-state index contributed by atoms with van der Waals surface area (Å²) in [7, 11) is 4.42. The molecule has 2 aliphatic rings. The monoisotopic (exact) mass is 1170 g/mol. The molecular weight excluding hydrogens is 1110 g/mol. The summed E-state index contributed by atoms with van der Waals surface area (Å²) in [6.45, 7) is 1.64. The number of aliphatic carboxylic acids is 2. The number of rotatable bonds is 19. The molecule has 432 valence electrons. The van der Waals surface area contributed by atoms with Gasteiger partial charge >= 0.3 is 20.0 Å². The van der Waals surface area contributed by atoms with Gasteiger partial charge in [0.25, 0.3) is 11.9 Å². The SMILES string of the molecule is CSC(=CC#N)c1ccc(-n2cc(CNC(=O)c3ccc(-n4cc5c(n4)-c4ccccc4CN(C(=O)CCCCC(=O)O)c4ccccc4-5)cc3)nn2)cc1.O=C(O)CCCCC(=O)N1Cc2ccccc2C#Cc2ccccc21.[2H]C=C(O[B])OO. The van der Waals surface area contributed by atoms with Gasteiger partial charge in [-0.1, -0.05) is 102 Å². The summed E-state index contributed by atoms with van der Waals surface area (Å²) < 4.78 is 13.5. The summed E-state index contributed by atoms with van der Waals surface area (Å²) in [5, 5.41) is 50.8. The van der Waals surface area contributed by atoms with Gasteiger partial charge in [-0.25, -0.2) is 9.36 Å². The number of anilines is 2. The van der Waals surface area contributed by atoms with Crippen molar-refractivity contribution in [2.75, 3.05) is 16.1 Å². The minimum Gasteiger partial charge on any atom is -0.542 e. The fourth-order valence-corrected chi connectivity index (χ4v) is 9.99. The lowest BCUT2D eigenvalue weighted by molar-refractivity contribution is -0.229. The van der Waals surface area contributed by atoms with Gasteiger partial charge < -0.3 is 34.9 Å². The maximum absolute atomic E-state index is 13.7. The molecule has 0 bridgehead atoms.